The highest BCUT2D eigenvalue weighted by atomic mass is 32.1. The van der Waals surface area contributed by atoms with Crippen LogP contribution in [-0.2, 0) is 15.9 Å². The van der Waals surface area contributed by atoms with Gasteiger partial charge in [-0.25, -0.2) is 15.0 Å². The summed E-state index contributed by atoms with van der Waals surface area (Å²) >= 11 is 5.75. The Hall–Kier alpha value is -3.46. The van der Waals surface area contributed by atoms with Crippen molar-refractivity contribution in [2.45, 2.75) is 58.3 Å². The summed E-state index contributed by atoms with van der Waals surface area (Å²) in [5.41, 5.74) is 2.61. The van der Waals surface area contributed by atoms with Crippen molar-refractivity contribution in [2.24, 2.45) is 0 Å². The molecule has 2 aromatic rings. The number of para-hydroxylation sites is 1. The van der Waals surface area contributed by atoms with Gasteiger partial charge in [-0.15, -0.1) is 0 Å². The molecular weight excluding hydrogens is 454 g/mol. The van der Waals surface area contributed by atoms with Crippen molar-refractivity contribution in [1.29, 1.82) is 0 Å². The predicted molar refractivity (Wildman–Crippen MR) is 133 cm³/mol. The number of amides is 2. The number of benzene rings is 2. The summed E-state index contributed by atoms with van der Waals surface area (Å²) in [5, 5.41) is 3.97. The van der Waals surface area contributed by atoms with Gasteiger partial charge in [0.25, 0.3) is 0 Å². The van der Waals surface area contributed by atoms with Gasteiger partial charge >= 0.3 is 12.2 Å². The first-order valence-electron chi connectivity index (χ1n) is 11.1. The highest BCUT2D eigenvalue weighted by molar-refractivity contribution is 7.81. The highest BCUT2D eigenvalue weighted by Gasteiger charge is 2.54. The molecule has 0 bridgehead atoms. The molecule has 2 N–H and O–H groups in total. The average Bonchev–Trinajstić information content (AvgIpc) is 2.78. The molecule has 2 amide bonds. The van der Waals surface area contributed by atoms with E-state index in [1.807, 2.05) is 30.3 Å². The molecule has 1 aliphatic carbocycles. The summed E-state index contributed by atoms with van der Waals surface area (Å²) in [7, 11) is 0. The van der Waals surface area contributed by atoms with Crippen LogP contribution in [0.5, 0.6) is 0 Å². The maximum Gasteiger partial charge on any atom is 0.430 e. The molecule has 8 nitrogen and oxygen atoms in total. The maximum absolute atomic E-state index is 14.0. The summed E-state index contributed by atoms with van der Waals surface area (Å²) in [4.78, 5) is 40.0. The van der Waals surface area contributed by atoms with Crippen molar-refractivity contribution in [3.05, 3.63) is 65.7 Å². The number of hydrogen-bond acceptors (Lipinski definition) is 6. The number of hydrogen-bond donors (Lipinski definition) is 2. The van der Waals surface area contributed by atoms with Crippen molar-refractivity contribution in [3.8, 4) is 0 Å². The first kappa shape index (κ1) is 25.2. The zero-order valence-electron chi connectivity index (χ0n) is 19.7. The van der Waals surface area contributed by atoms with E-state index in [1.165, 1.54) is 0 Å². The van der Waals surface area contributed by atoms with Crippen molar-refractivity contribution < 1.29 is 23.9 Å². The fourth-order valence-electron chi connectivity index (χ4n) is 3.78. The smallest absolute Gasteiger partial charge is 0.430 e. The number of aryl methyl sites for hydroxylation is 1. The number of ether oxygens (including phenoxy) is 2. The minimum Gasteiger partial charge on any atom is -0.446 e. The van der Waals surface area contributed by atoms with Crippen LogP contribution in [0.2, 0.25) is 0 Å². The number of carbonyl (C=O) groups is 3. The Morgan fingerprint density at radius 2 is 1.59 bits per heavy atom. The first-order valence-corrected chi connectivity index (χ1v) is 11.5. The third-order valence-corrected chi connectivity index (χ3v) is 5.69. The van der Waals surface area contributed by atoms with Crippen LogP contribution in [0.3, 0.4) is 0 Å². The van der Waals surface area contributed by atoms with E-state index >= 15 is 0 Å². The normalized spacial score (nSPS) is 17.1. The number of nitrogens with zero attached hydrogens (tertiary/aromatic N) is 1. The van der Waals surface area contributed by atoms with Gasteiger partial charge in [-0.1, -0.05) is 54.7 Å². The van der Waals surface area contributed by atoms with Crippen LogP contribution in [0.1, 0.15) is 50.0 Å². The monoisotopic (exact) mass is 483 g/mol. The van der Waals surface area contributed by atoms with Gasteiger partial charge in [0.1, 0.15) is 4.99 Å². The molecule has 34 heavy (non-hydrogen) atoms. The van der Waals surface area contributed by atoms with E-state index in [1.54, 1.807) is 52.0 Å². The fraction of sp³-hybridized carbons (Fsp3) is 0.360. The van der Waals surface area contributed by atoms with Gasteiger partial charge in [0.15, 0.2) is 11.3 Å². The second-order valence-electron chi connectivity index (χ2n) is 8.50. The van der Waals surface area contributed by atoms with Crippen LogP contribution in [0, 0.1) is 0 Å². The summed E-state index contributed by atoms with van der Waals surface area (Å²) in [6.07, 6.45) is -2.18. The molecule has 180 valence electrons. The number of fused-ring (bicyclic) bond motifs is 1. The highest BCUT2D eigenvalue weighted by Crippen LogP contribution is 2.35. The van der Waals surface area contributed by atoms with Gasteiger partial charge in [-0.3, -0.25) is 4.79 Å². The fourth-order valence-corrected chi connectivity index (χ4v) is 4.19. The number of anilines is 1. The maximum atomic E-state index is 14.0. The second-order valence-corrected chi connectivity index (χ2v) is 8.91. The van der Waals surface area contributed by atoms with Gasteiger partial charge in [0, 0.05) is 11.3 Å². The van der Waals surface area contributed by atoms with Gasteiger partial charge in [0.2, 0.25) is 0 Å². The SMILES string of the molecule is CC(C)OC(=O)NN(C(=O)OC(C)C)[C@@]1(C(=S)Nc2ccccc2)CCc2ccccc2C1=O. The number of nitrogens with one attached hydrogen (secondary N) is 2. The Kier molecular flexibility index (Phi) is 7.88. The Morgan fingerprint density at radius 1 is 0.971 bits per heavy atom. The lowest BCUT2D eigenvalue weighted by atomic mass is 9.76. The molecule has 9 heteroatoms. The third kappa shape index (κ3) is 5.36. The van der Waals surface area contributed by atoms with E-state index in [9.17, 15) is 14.4 Å². The lowest BCUT2D eigenvalue weighted by molar-refractivity contribution is 0.0165. The summed E-state index contributed by atoms with van der Waals surface area (Å²) in [5.74, 6) is -0.423. The summed E-state index contributed by atoms with van der Waals surface area (Å²) in [6, 6.07) is 16.2. The molecule has 1 aliphatic rings. The zero-order chi connectivity index (χ0) is 24.9. The molecule has 0 saturated heterocycles. The molecule has 0 fully saturated rings. The quantitative estimate of drug-likeness (QED) is 0.462. The van der Waals surface area contributed by atoms with E-state index in [-0.39, 0.29) is 11.4 Å². The lowest BCUT2D eigenvalue weighted by Crippen LogP contribution is -2.69. The Labute approximate surface area is 204 Å². The number of thiocarbonyl (C=S) groups is 1. The van der Waals surface area contributed by atoms with E-state index < -0.39 is 35.7 Å². The van der Waals surface area contributed by atoms with Gasteiger partial charge in [-0.05, 0) is 58.2 Å². The van der Waals surface area contributed by atoms with Crippen LogP contribution >= 0.6 is 12.2 Å². The van der Waals surface area contributed by atoms with Crippen molar-refractivity contribution in [3.63, 3.8) is 0 Å². The largest absolute Gasteiger partial charge is 0.446 e. The molecule has 0 unspecified atom stereocenters. The molecule has 3 rings (SSSR count). The Morgan fingerprint density at radius 3 is 2.24 bits per heavy atom. The van der Waals surface area contributed by atoms with Crippen molar-refractivity contribution >= 4 is 40.9 Å². The average molecular weight is 484 g/mol. The molecule has 1 atom stereocenters. The third-order valence-electron chi connectivity index (χ3n) is 5.25. The van der Waals surface area contributed by atoms with Gasteiger partial charge in [-0.2, -0.15) is 5.01 Å². The topological polar surface area (TPSA) is 97.0 Å². The van der Waals surface area contributed by atoms with E-state index in [2.05, 4.69) is 10.7 Å². The Bertz CT molecular complexity index is 1070. The molecule has 2 aromatic carbocycles. The van der Waals surface area contributed by atoms with E-state index in [0.717, 1.165) is 10.6 Å². The number of hydrazine groups is 1. The predicted octanol–water partition coefficient (Wildman–Crippen LogP) is 4.89. The molecular formula is C25H29N3O5S. The number of Topliss-reactive ketones (excluding diaryl/α,β-unsaturated/α-hetero) is 1. The van der Waals surface area contributed by atoms with Crippen LogP contribution < -0.4 is 10.7 Å². The van der Waals surface area contributed by atoms with Crippen molar-refractivity contribution in [2.75, 3.05) is 5.32 Å². The molecule has 0 saturated carbocycles. The van der Waals surface area contributed by atoms with Crippen LogP contribution in [0.25, 0.3) is 0 Å². The number of rotatable bonds is 5. The lowest BCUT2D eigenvalue weighted by Gasteiger charge is -2.44. The molecule has 0 spiro atoms. The molecule has 0 aliphatic heterocycles. The molecule has 0 heterocycles. The number of carbonyl (C=O) groups excluding carboxylic acids is 3. The minimum atomic E-state index is -1.73. The van der Waals surface area contributed by atoms with Crippen LogP contribution in [0.4, 0.5) is 15.3 Å². The zero-order valence-corrected chi connectivity index (χ0v) is 20.5. The van der Waals surface area contributed by atoms with Crippen LogP contribution in [0.15, 0.2) is 54.6 Å². The van der Waals surface area contributed by atoms with Crippen molar-refractivity contribution in [1.82, 2.24) is 10.4 Å². The number of ketones is 1. The van der Waals surface area contributed by atoms with Gasteiger partial charge < -0.3 is 14.8 Å². The first-order chi connectivity index (χ1) is 16.1. The minimum absolute atomic E-state index is 0.0590. The summed E-state index contributed by atoms with van der Waals surface area (Å²) < 4.78 is 10.6. The standard InChI is InChI=1S/C25H29N3O5S/c1-16(2)32-23(30)27-28(24(31)33-17(3)4)25(22(34)26-19-11-6-5-7-12-19)15-14-18-10-8-9-13-20(18)21(25)29/h5-13,16-17H,14-15H2,1-4H3,(H,26,34)(H,27,30)/t25-/m0/s1. The van der Waals surface area contributed by atoms with E-state index in [0.29, 0.717) is 17.7 Å². The molecule has 0 radical (unpaired) electrons. The second kappa shape index (κ2) is 10.6. The van der Waals surface area contributed by atoms with Gasteiger partial charge in [0.05, 0.1) is 12.2 Å². The van der Waals surface area contributed by atoms with E-state index in [4.69, 9.17) is 21.7 Å². The summed E-state index contributed by atoms with van der Waals surface area (Å²) in [6.45, 7) is 6.70. The Balaban J connectivity index is 2.12. The molecule has 0 aromatic heterocycles. The van der Waals surface area contributed by atoms with Crippen LogP contribution in [-0.4, -0.2) is 45.7 Å².